The number of quaternary nitrogens is 1. The van der Waals surface area contributed by atoms with Gasteiger partial charge in [-0.15, -0.1) is 0 Å². The van der Waals surface area contributed by atoms with Crippen molar-refractivity contribution >= 4 is 21.6 Å². The summed E-state index contributed by atoms with van der Waals surface area (Å²) in [7, 11) is -3.46. The number of sulfonamides is 1. The maximum absolute atomic E-state index is 12.5. The van der Waals surface area contributed by atoms with Crippen molar-refractivity contribution in [2.75, 3.05) is 38.0 Å². The number of hydrogen-bond acceptors (Lipinski definition) is 3. The van der Waals surface area contributed by atoms with Crippen molar-refractivity contribution in [3.63, 3.8) is 0 Å². The molecule has 0 aromatic heterocycles. The molecule has 0 spiro atoms. The first-order valence-electron chi connectivity index (χ1n) is 9.10. The summed E-state index contributed by atoms with van der Waals surface area (Å²) in [6.07, 6.45) is 2.41. The third-order valence-electron chi connectivity index (χ3n) is 4.76. The topological polar surface area (TPSA) is 70.9 Å². The zero-order chi connectivity index (χ0) is 18.4. The minimum absolute atomic E-state index is 0.0246. The zero-order valence-corrected chi connectivity index (χ0v) is 16.2. The molecule has 2 atom stereocenters. The maximum atomic E-state index is 12.5. The van der Waals surface area contributed by atoms with E-state index in [1.807, 2.05) is 13.8 Å². The minimum atomic E-state index is -3.46. The molecule has 0 radical (unpaired) electrons. The summed E-state index contributed by atoms with van der Waals surface area (Å²) in [5.41, 5.74) is 0.632. The van der Waals surface area contributed by atoms with Crippen LogP contribution in [0.25, 0.3) is 0 Å². The number of benzene rings is 1. The van der Waals surface area contributed by atoms with Crippen LogP contribution in [-0.2, 0) is 14.8 Å². The third-order valence-corrected chi connectivity index (χ3v) is 6.82. The summed E-state index contributed by atoms with van der Waals surface area (Å²) >= 11 is 0. The first-order chi connectivity index (χ1) is 11.9. The Morgan fingerprint density at radius 2 is 1.88 bits per heavy atom. The molecule has 2 rings (SSSR count). The number of carbonyl (C=O) groups is 1. The van der Waals surface area contributed by atoms with Gasteiger partial charge in [0.2, 0.25) is 10.0 Å². The number of hydrogen-bond donors (Lipinski definition) is 2. The van der Waals surface area contributed by atoms with E-state index in [1.54, 1.807) is 24.3 Å². The zero-order valence-electron chi connectivity index (χ0n) is 15.4. The van der Waals surface area contributed by atoms with E-state index in [4.69, 9.17) is 0 Å². The average molecular weight is 369 g/mol. The van der Waals surface area contributed by atoms with Gasteiger partial charge >= 0.3 is 0 Å². The van der Waals surface area contributed by atoms with Crippen LogP contribution in [0.4, 0.5) is 5.69 Å². The van der Waals surface area contributed by atoms with Crippen molar-refractivity contribution in [1.82, 2.24) is 4.31 Å². The molecular formula is C18H30N3O3S+. The number of rotatable bonds is 7. The van der Waals surface area contributed by atoms with Gasteiger partial charge in [-0.2, -0.15) is 4.31 Å². The smallest absolute Gasteiger partial charge is 0.279 e. The van der Waals surface area contributed by atoms with E-state index in [-0.39, 0.29) is 10.8 Å². The quantitative estimate of drug-likeness (QED) is 0.753. The SMILES string of the molecule is CCN(CC)S(=O)(=O)c1ccc(NC(=O)C[NH+]2CCC[C@@H](C)C2)cc1. The Morgan fingerprint density at radius 3 is 2.44 bits per heavy atom. The van der Waals surface area contributed by atoms with Crippen LogP contribution in [0, 0.1) is 5.92 Å². The summed E-state index contributed by atoms with van der Waals surface area (Å²) in [4.78, 5) is 13.8. The Morgan fingerprint density at radius 1 is 1.24 bits per heavy atom. The number of piperidine rings is 1. The number of nitrogens with one attached hydrogen (secondary N) is 2. The predicted molar refractivity (Wildman–Crippen MR) is 99.1 cm³/mol. The molecule has 6 nitrogen and oxygen atoms in total. The van der Waals surface area contributed by atoms with Gasteiger partial charge in [-0.1, -0.05) is 20.8 Å². The van der Waals surface area contributed by atoms with E-state index < -0.39 is 10.0 Å². The van der Waals surface area contributed by atoms with Gasteiger partial charge in [0.05, 0.1) is 18.0 Å². The van der Waals surface area contributed by atoms with E-state index in [9.17, 15) is 13.2 Å². The minimum Gasteiger partial charge on any atom is -0.327 e. The fourth-order valence-corrected chi connectivity index (χ4v) is 4.87. The molecule has 0 aliphatic carbocycles. The summed E-state index contributed by atoms with van der Waals surface area (Å²) in [6.45, 7) is 9.28. The van der Waals surface area contributed by atoms with Gasteiger partial charge in [0.15, 0.2) is 6.54 Å². The molecule has 1 aliphatic heterocycles. The number of anilines is 1. The van der Waals surface area contributed by atoms with E-state index in [0.29, 0.717) is 31.2 Å². The van der Waals surface area contributed by atoms with Crippen LogP contribution in [0.3, 0.4) is 0 Å². The molecule has 1 aromatic rings. The van der Waals surface area contributed by atoms with Crippen LogP contribution in [-0.4, -0.2) is 51.4 Å². The number of carbonyl (C=O) groups excluding carboxylic acids is 1. The molecule has 1 fully saturated rings. The molecular weight excluding hydrogens is 338 g/mol. The van der Waals surface area contributed by atoms with Crippen LogP contribution in [0.15, 0.2) is 29.2 Å². The lowest BCUT2D eigenvalue weighted by molar-refractivity contribution is -0.900. The molecule has 7 heteroatoms. The van der Waals surface area contributed by atoms with Crippen LogP contribution in [0.5, 0.6) is 0 Å². The molecule has 1 aliphatic rings. The van der Waals surface area contributed by atoms with Crippen LogP contribution in [0.2, 0.25) is 0 Å². The van der Waals surface area contributed by atoms with Crippen molar-refractivity contribution in [2.45, 2.75) is 38.5 Å². The second kappa shape index (κ2) is 8.78. The molecule has 1 aromatic carbocycles. The van der Waals surface area contributed by atoms with Crippen molar-refractivity contribution < 1.29 is 18.1 Å². The first-order valence-corrected chi connectivity index (χ1v) is 10.5. The highest BCUT2D eigenvalue weighted by Gasteiger charge is 2.23. The molecule has 0 saturated carbocycles. The molecule has 2 N–H and O–H groups in total. The summed E-state index contributed by atoms with van der Waals surface area (Å²) in [6, 6.07) is 6.42. The number of nitrogens with zero attached hydrogens (tertiary/aromatic N) is 1. The molecule has 1 heterocycles. The predicted octanol–water partition coefficient (Wildman–Crippen LogP) is 0.970. The Hall–Kier alpha value is -1.44. The van der Waals surface area contributed by atoms with E-state index in [0.717, 1.165) is 13.1 Å². The first kappa shape index (κ1) is 19.9. The monoisotopic (exact) mass is 368 g/mol. The summed E-state index contributed by atoms with van der Waals surface area (Å²) in [5.74, 6) is 0.643. The van der Waals surface area contributed by atoms with Crippen LogP contribution < -0.4 is 10.2 Å². The fourth-order valence-electron chi connectivity index (χ4n) is 3.41. The largest absolute Gasteiger partial charge is 0.327 e. The van der Waals surface area contributed by atoms with Crippen LogP contribution in [0.1, 0.15) is 33.6 Å². The van der Waals surface area contributed by atoms with Gasteiger partial charge in [-0.05, 0) is 37.1 Å². The number of amides is 1. The molecule has 140 valence electrons. The van der Waals surface area contributed by atoms with Gasteiger partial charge in [0, 0.05) is 24.7 Å². The highest BCUT2D eigenvalue weighted by atomic mass is 32.2. The Balaban J connectivity index is 1.97. The average Bonchev–Trinajstić information content (AvgIpc) is 2.56. The summed E-state index contributed by atoms with van der Waals surface area (Å²) < 4.78 is 26.3. The molecule has 1 saturated heterocycles. The second-order valence-corrected chi connectivity index (χ2v) is 8.73. The highest BCUT2D eigenvalue weighted by molar-refractivity contribution is 7.89. The second-order valence-electron chi connectivity index (χ2n) is 6.79. The van der Waals surface area contributed by atoms with E-state index in [1.165, 1.54) is 22.0 Å². The molecule has 0 bridgehead atoms. The van der Waals surface area contributed by atoms with Gasteiger partial charge in [0.1, 0.15) is 0 Å². The molecule has 25 heavy (non-hydrogen) atoms. The van der Waals surface area contributed by atoms with E-state index in [2.05, 4.69) is 12.2 Å². The maximum Gasteiger partial charge on any atom is 0.279 e. The van der Waals surface area contributed by atoms with Gasteiger partial charge < -0.3 is 10.2 Å². The molecule has 1 amide bonds. The van der Waals surface area contributed by atoms with Gasteiger partial charge in [-0.3, -0.25) is 4.79 Å². The lowest BCUT2D eigenvalue weighted by Crippen LogP contribution is -3.14. The van der Waals surface area contributed by atoms with Crippen molar-refractivity contribution in [3.05, 3.63) is 24.3 Å². The molecule has 1 unspecified atom stereocenters. The van der Waals surface area contributed by atoms with Gasteiger partial charge in [0.25, 0.3) is 5.91 Å². The lowest BCUT2D eigenvalue weighted by atomic mass is 10.0. The van der Waals surface area contributed by atoms with Crippen molar-refractivity contribution in [1.29, 1.82) is 0 Å². The number of likely N-dealkylation sites (tertiary alicyclic amines) is 1. The van der Waals surface area contributed by atoms with Gasteiger partial charge in [-0.25, -0.2) is 8.42 Å². The standard InChI is InChI=1S/C18H29N3O3S/c1-4-21(5-2)25(23,24)17-10-8-16(9-11-17)19-18(22)14-20-12-6-7-15(3)13-20/h8-11,15H,4-7,12-14H2,1-3H3,(H,19,22)/p+1/t15-/m1/s1. The van der Waals surface area contributed by atoms with E-state index >= 15 is 0 Å². The highest BCUT2D eigenvalue weighted by Crippen LogP contribution is 2.18. The normalized spacial score (nSPS) is 21.3. The summed E-state index contributed by atoms with van der Waals surface area (Å²) in [5, 5.41) is 2.87. The van der Waals surface area contributed by atoms with Crippen molar-refractivity contribution in [3.8, 4) is 0 Å². The lowest BCUT2D eigenvalue weighted by Gasteiger charge is -2.27. The third kappa shape index (κ3) is 5.26. The Labute approximate surface area is 151 Å². The van der Waals surface area contributed by atoms with Crippen molar-refractivity contribution in [2.24, 2.45) is 5.92 Å². The Kier molecular flexibility index (Phi) is 6.98. The fraction of sp³-hybridized carbons (Fsp3) is 0.611. The Bertz CT molecular complexity index is 669. The van der Waals surface area contributed by atoms with Crippen LogP contribution >= 0.6 is 0 Å².